The van der Waals surface area contributed by atoms with E-state index in [0.29, 0.717) is 0 Å². The summed E-state index contributed by atoms with van der Waals surface area (Å²) < 4.78 is 9.22. The maximum atomic E-state index is 6.60. The highest BCUT2D eigenvalue weighted by atomic mass is 32.1. The molecule has 0 aliphatic carbocycles. The van der Waals surface area contributed by atoms with Crippen molar-refractivity contribution in [3.8, 4) is 11.1 Å². The molecular formula is C48H29NOS. The summed E-state index contributed by atoms with van der Waals surface area (Å²) in [6.07, 6.45) is 0. The highest BCUT2D eigenvalue weighted by Gasteiger charge is 2.22. The Kier molecular flexibility index (Phi) is 6.16. The lowest BCUT2D eigenvalue weighted by Gasteiger charge is -2.28. The lowest BCUT2D eigenvalue weighted by Crippen LogP contribution is -2.11. The average Bonchev–Trinajstić information content (AvgIpc) is 3.77. The summed E-state index contributed by atoms with van der Waals surface area (Å²) in [6.45, 7) is 0. The van der Waals surface area contributed by atoms with Crippen molar-refractivity contribution in [2.75, 3.05) is 4.90 Å². The molecule has 0 aliphatic rings. The summed E-state index contributed by atoms with van der Waals surface area (Å²) in [7, 11) is 0. The van der Waals surface area contributed by atoms with Crippen molar-refractivity contribution in [2.45, 2.75) is 0 Å². The molecule has 11 aromatic rings. The molecule has 0 spiro atoms. The van der Waals surface area contributed by atoms with Crippen molar-refractivity contribution in [3.63, 3.8) is 0 Å². The van der Waals surface area contributed by atoms with Gasteiger partial charge >= 0.3 is 0 Å². The summed E-state index contributed by atoms with van der Waals surface area (Å²) in [5.74, 6) is 0. The van der Waals surface area contributed by atoms with Crippen LogP contribution in [0.25, 0.3) is 85.6 Å². The third-order valence-electron chi connectivity index (χ3n) is 10.4. The van der Waals surface area contributed by atoms with Gasteiger partial charge in [-0.25, -0.2) is 0 Å². The fourth-order valence-corrected chi connectivity index (χ4v) is 9.27. The van der Waals surface area contributed by atoms with Crippen LogP contribution in [0.4, 0.5) is 17.1 Å². The second kappa shape index (κ2) is 11.0. The largest absolute Gasteiger partial charge is 0.455 e. The molecule has 0 aliphatic heterocycles. The van der Waals surface area contributed by atoms with Crippen molar-refractivity contribution in [3.05, 3.63) is 176 Å². The number of hydrogen-bond acceptors (Lipinski definition) is 3. The van der Waals surface area contributed by atoms with Gasteiger partial charge in [0.2, 0.25) is 0 Å². The van der Waals surface area contributed by atoms with Gasteiger partial charge in [-0.1, -0.05) is 127 Å². The third-order valence-corrected chi connectivity index (χ3v) is 11.6. The molecule has 3 heteroatoms. The zero-order chi connectivity index (χ0) is 33.5. The maximum Gasteiger partial charge on any atom is 0.143 e. The molecule has 2 aromatic heterocycles. The molecule has 2 nitrogen and oxygen atoms in total. The second-order valence-corrected chi connectivity index (χ2v) is 14.3. The minimum absolute atomic E-state index is 0.887. The summed E-state index contributed by atoms with van der Waals surface area (Å²) in [6, 6.07) is 63.9. The first-order valence-corrected chi connectivity index (χ1v) is 18.2. The van der Waals surface area contributed by atoms with Crippen molar-refractivity contribution < 1.29 is 4.42 Å². The Labute approximate surface area is 298 Å². The van der Waals surface area contributed by atoms with E-state index in [0.717, 1.165) is 44.4 Å². The Morgan fingerprint density at radius 3 is 1.98 bits per heavy atom. The van der Waals surface area contributed by atoms with Crippen LogP contribution in [0, 0.1) is 0 Å². The van der Waals surface area contributed by atoms with Gasteiger partial charge in [0.15, 0.2) is 0 Å². The Bertz CT molecular complexity index is 3150. The van der Waals surface area contributed by atoms with E-state index in [1.807, 2.05) is 11.3 Å². The second-order valence-electron chi connectivity index (χ2n) is 13.3. The minimum Gasteiger partial charge on any atom is -0.455 e. The molecule has 238 valence electrons. The topological polar surface area (TPSA) is 16.4 Å². The van der Waals surface area contributed by atoms with Gasteiger partial charge in [0.1, 0.15) is 11.2 Å². The first kappa shape index (κ1) is 28.4. The van der Waals surface area contributed by atoms with Gasteiger partial charge in [0.05, 0.1) is 5.69 Å². The quantitative estimate of drug-likeness (QED) is 0.186. The molecule has 51 heavy (non-hydrogen) atoms. The van der Waals surface area contributed by atoms with Gasteiger partial charge < -0.3 is 9.32 Å². The Hall–Kier alpha value is -6.42. The first-order valence-electron chi connectivity index (χ1n) is 17.3. The van der Waals surface area contributed by atoms with Crippen LogP contribution in [0.2, 0.25) is 0 Å². The smallest absolute Gasteiger partial charge is 0.143 e. The standard InChI is InChI=1S/C48H29NOS/c1-2-12-30(13-3-1)41-28-34(26-32-15-5-6-16-35(32)41)49(33-23-25-45-42(27-33)39-24-22-31-14-4-7-17-36(31)47(39)50-45)44-29-43-38-19-10-11-21-46(38)51-48(43)40-20-9-8-18-37(40)44/h1-29H. The van der Waals surface area contributed by atoms with Crippen molar-refractivity contribution in [1.29, 1.82) is 0 Å². The molecule has 0 N–H and O–H groups in total. The van der Waals surface area contributed by atoms with Crippen LogP contribution in [0.1, 0.15) is 0 Å². The molecule has 11 rings (SSSR count). The van der Waals surface area contributed by atoms with Crippen molar-refractivity contribution >= 4 is 103 Å². The van der Waals surface area contributed by atoms with Gasteiger partial charge in [-0.2, -0.15) is 0 Å². The average molecular weight is 668 g/mol. The van der Waals surface area contributed by atoms with Gasteiger partial charge in [0, 0.05) is 58.5 Å². The SMILES string of the molecule is c1ccc(-c2cc(N(c3ccc4oc5c6ccccc6ccc5c4c3)c3cc4c5ccccc5sc4c4ccccc34)cc3ccccc23)cc1. The third kappa shape index (κ3) is 4.35. The number of furan rings is 1. The Morgan fingerprint density at radius 1 is 0.412 bits per heavy atom. The maximum absolute atomic E-state index is 6.60. The molecule has 0 amide bonds. The number of anilines is 3. The van der Waals surface area contributed by atoms with Gasteiger partial charge in [0.25, 0.3) is 0 Å². The predicted molar refractivity (Wildman–Crippen MR) is 219 cm³/mol. The first-order chi connectivity index (χ1) is 25.3. The number of fused-ring (bicyclic) bond motifs is 11. The highest BCUT2D eigenvalue weighted by Crippen LogP contribution is 2.48. The molecule has 0 unspecified atom stereocenters. The number of benzene rings is 9. The summed E-state index contributed by atoms with van der Waals surface area (Å²) in [5, 5.41) is 12.0. The molecular weight excluding hydrogens is 639 g/mol. The highest BCUT2D eigenvalue weighted by molar-refractivity contribution is 7.26. The van der Waals surface area contributed by atoms with Crippen LogP contribution in [0.3, 0.4) is 0 Å². The molecule has 0 radical (unpaired) electrons. The number of nitrogens with zero attached hydrogens (tertiary/aromatic N) is 1. The van der Waals surface area contributed by atoms with E-state index >= 15 is 0 Å². The monoisotopic (exact) mass is 667 g/mol. The lowest BCUT2D eigenvalue weighted by atomic mass is 9.96. The van der Waals surface area contributed by atoms with Crippen LogP contribution in [0.5, 0.6) is 0 Å². The molecule has 0 atom stereocenters. The van der Waals surface area contributed by atoms with Crippen LogP contribution >= 0.6 is 11.3 Å². The van der Waals surface area contributed by atoms with Crippen LogP contribution < -0.4 is 4.90 Å². The number of thiophene rings is 1. The normalized spacial score (nSPS) is 11.9. The van der Waals surface area contributed by atoms with E-state index in [-0.39, 0.29) is 0 Å². The van der Waals surface area contributed by atoms with E-state index < -0.39 is 0 Å². The molecule has 0 saturated carbocycles. The molecule has 0 bridgehead atoms. The van der Waals surface area contributed by atoms with E-state index in [4.69, 9.17) is 4.42 Å². The Morgan fingerprint density at radius 2 is 1.12 bits per heavy atom. The minimum atomic E-state index is 0.887. The van der Waals surface area contributed by atoms with Crippen molar-refractivity contribution in [2.24, 2.45) is 0 Å². The zero-order valence-corrected chi connectivity index (χ0v) is 28.3. The molecule has 2 heterocycles. The summed E-state index contributed by atoms with van der Waals surface area (Å²) >= 11 is 1.88. The van der Waals surface area contributed by atoms with E-state index in [1.165, 1.54) is 58.2 Å². The molecule has 9 aromatic carbocycles. The van der Waals surface area contributed by atoms with Crippen molar-refractivity contribution in [1.82, 2.24) is 0 Å². The van der Waals surface area contributed by atoms with Gasteiger partial charge in [-0.05, 0) is 75.8 Å². The lowest BCUT2D eigenvalue weighted by molar-refractivity contribution is 0.672. The van der Waals surface area contributed by atoms with E-state index in [9.17, 15) is 0 Å². The predicted octanol–water partition coefficient (Wildman–Crippen LogP) is 14.6. The number of hydrogen-bond donors (Lipinski definition) is 0. The van der Waals surface area contributed by atoms with E-state index in [2.05, 4.69) is 181 Å². The number of rotatable bonds is 4. The summed E-state index contributed by atoms with van der Waals surface area (Å²) in [4.78, 5) is 2.46. The van der Waals surface area contributed by atoms with Crippen LogP contribution in [-0.2, 0) is 0 Å². The van der Waals surface area contributed by atoms with E-state index in [1.54, 1.807) is 0 Å². The van der Waals surface area contributed by atoms with Crippen LogP contribution in [0.15, 0.2) is 180 Å². The van der Waals surface area contributed by atoms with Gasteiger partial charge in [-0.15, -0.1) is 11.3 Å². The van der Waals surface area contributed by atoms with Gasteiger partial charge in [-0.3, -0.25) is 0 Å². The fourth-order valence-electron chi connectivity index (χ4n) is 8.05. The molecule has 0 fully saturated rings. The zero-order valence-electron chi connectivity index (χ0n) is 27.5. The Balaban J connectivity index is 1.26. The summed E-state index contributed by atoms with van der Waals surface area (Å²) in [5.41, 5.74) is 7.56. The van der Waals surface area contributed by atoms with Crippen LogP contribution in [-0.4, -0.2) is 0 Å². The fraction of sp³-hybridized carbons (Fsp3) is 0. The molecule has 0 saturated heterocycles.